The number of benzene rings is 6. The molecular weight excluding hydrogens is 629 g/mol. The fraction of sp³-hybridized carbons (Fsp3) is 0.0800. The average Bonchev–Trinajstić information content (AvgIpc) is 3.41. The number of hydrogen-bond acceptors (Lipinski definition) is 2. The summed E-state index contributed by atoms with van der Waals surface area (Å²) in [6, 6.07) is 45.5. The molecule has 1 heterocycles. The fourth-order valence-corrected chi connectivity index (χ4v) is 7.86. The van der Waals surface area contributed by atoms with Gasteiger partial charge in [0, 0.05) is 34.3 Å². The third kappa shape index (κ3) is 5.83. The van der Waals surface area contributed by atoms with Gasteiger partial charge in [-0.3, -0.25) is 0 Å². The summed E-state index contributed by atoms with van der Waals surface area (Å²) in [6.07, 6.45) is 15.6. The first-order valence-corrected chi connectivity index (χ1v) is 17.9. The molecule has 0 radical (unpaired) electrons. The number of anilines is 1. The molecule has 1 aliphatic heterocycles. The SMILES string of the molecule is C=C1/C=C\C=C/N(c2ccc(-c3ccc(C/C=C(\N)c4ccccc4)cc3)cc2)C2=C(/C=C\C1=C)c1c(c3ccccc3c3ccccc13)C2(C)C. The highest BCUT2D eigenvalue weighted by atomic mass is 15.1. The molecule has 0 atom stereocenters. The predicted octanol–water partition coefficient (Wildman–Crippen LogP) is 12.5. The summed E-state index contributed by atoms with van der Waals surface area (Å²) in [4.78, 5) is 2.38. The van der Waals surface area contributed by atoms with Crippen LogP contribution in [-0.4, -0.2) is 0 Å². The molecular formula is C50H42N2. The second-order valence-corrected chi connectivity index (χ2v) is 14.2. The van der Waals surface area contributed by atoms with Crippen molar-refractivity contribution >= 4 is 38.5 Å². The molecule has 2 N–H and O–H groups in total. The van der Waals surface area contributed by atoms with Crippen molar-refractivity contribution in [1.29, 1.82) is 0 Å². The predicted molar refractivity (Wildman–Crippen MR) is 224 cm³/mol. The van der Waals surface area contributed by atoms with Crippen molar-refractivity contribution in [3.63, 3.8) is 0 Å². The topological polar surface area (TPSA) is 29.3 Å². The van der Waals surface area contributed by atoms with Gasteiger partial charge in [-0.25, -0.2) is 0 Å². The summed E-state index contributed by atoms with van der Waals surface area (Å²) >= 11 is 0. The molecule has 1 aliphatic carbocycles. The van der Waals surface area contributed by atoms with Gasteiger partial charge in [0.2, 0.25) is 0 Å². The van der Waals surface area contributed by atoms with Crippen LogP contribution in [0, 0.1) is 0 Å². The smallest absolute Gasteiger partial charge is 0.0453 e. The van der Waals surface area contributed by atoms with Crippen LogP contribution in [0.4, 0.5) is 5.69 Å². The van der Waals surface area contributed by atoms with Crippen molar-refractivity contribution in [3.8, 4) is 11.1 Å². The largest absolute Gasteiger partial charge is 0.398 e. The molecule has 8 rings (SSSR count). The third-order valence-electron chi connectivity index (χ3n) is 10.5. The maximum Gasteiger partial charge on any atom is 0.0453 e. The quantitative estimate of drug-likeness (QED) is 0.185. The van der Waals surface area contributed by atoms with Crippen LogP contribution in [-0.2, 0) is 11.8 Å². The molecule has 0 amide bonds. The maximum absolute atomic E-state index is 6.35. The fourth-order valence-electron chi connectivity index (χ4n) is 7.86. The molecule has 2 nitrogen and oxygen atoms in total. The Morgan fingerprint density at radius 1 is 0.635 bits per heavy atom. The number of nitrogens with two attached hydrogens (primary N) is 1. The van der Waals surface area contributed by atoms with Gasteiger partial charge in [0.15, 0.2) is 0 Å². The lowest BCUT2D eigenvalue weighted by Crippen LogP contribution is -2.29. The van der Waals surface area contributed by atoms with Crippen LogP contribution in [0.5, 0.6) is 0 Å². The van der Waals surface area contributed by atoms with Gasteiger partial charge in [0.05, 0.1) is 0 Å². The van der Waals surface area contributed by atoms with Gasteiger partial charge >= 0.3 is 0 Å². The second kappa shape index (κ2) is 13.4. The summed E-state index contributed by atoms with van der Waals surface area (Å²) in [5.41, 5.74) is 19.4. The Hall–Kier alpha value is -6.38. The van der Waals surface area contributed by atoms with Crippen molar-refractivity contribution in [1.82, 2.24) is 0 Å². The van der Waals surface area contributed by atoms with E-state index in [0.29, 0.717) is 0 Å². The van der Waals surface area contributed by atoms with E-state index in [0.717, 1.165) is 34.5 Å². The van der Waals surface area contributed by atoms with Gasteiger partial charge < -0.3 is 10.6 Å². The molecule has 0 saturated heterocycles. The lowest BCUT2D eigenvalue weighted by Gasteiger charge is -2.34. The summed E-state index contributed by atoms with van der Waals surface area (Å²) in [6.45, 7) is 13.4. The standard InChI is InChI=1S/C50H42N2/c1-34-14-12-13-33-52(40-29-27-38(28-30-40)37-25-22-36(23-26-37)24-32-46(51)39-15-6-5-7-16-39)49-45(31-21-35(34)2)47-43-19-10-8-17-41(43)42-18-9-11-20-44(42)48(47)50(49,3)4/h5-23,25-33H,1-2,24,51H2,3-4H3/b14-12-,31-21-,33-13-,46-32-. The maximum atomic E-state index is 6.35. The number of allylic oxidation sites excluding steroid dienone is 10. The van der Waals surface area contributed by atoms with E-state index < -0.39 is 0 Å². The summed E-state index contributed by atoms with van der Waals surface area (Å²) < 4.78 is 0. The molecule has 0 unspecified atom stereocenters. The number of rotatable bonds is 5. The van der Waals surface area contributed by atoms with Crippen LogP contribution in [0.1, 0.15) is 36.1 Å². The van der Waals surface area contributed by atoms with Crippen LogP contribution in [0.25, 0.3) is 43.9 Å². The van der Waals surface area contributed by atoms with Crippen LogP contribution < -0.4 is 10.6 Å². The minimum Gasteiger partial charge on any atom is -0.398 e. The van der Waals surface area contributed by atoms with Crippen LogP contribution in [0.15, 0.2) is 200 Å². The number of nitrogens with zero attached hydrogens (tertiary/aromatic N) is 1. The van der Waals surface area contributed by atoms with Crippen molar-refractivity contribution < 1.29 is 0 Å². The van der Waals surface area contributed by atoms with Crippen molar-refractivity contribution in [2.45, 2.75) is 25.7 Å². The summed E-state index contributed by atoms with van der Waals surface area (Å²) in [5.74, 6) is 0. The van der Waals surface area contributed by atoms with E-state index in [-0.39, 0.29) is 5.41 Å². The van der Waals surface area contributed by atoms with Crippen molar-refractivity contribution in [2.24, 2.45) is 5.73 Å². The number of hydrogen-bond donors (Lipinski definition) is 1. The zero-order chi connectivity index (χ0) is 35.8. The van der Waals surface area contributed by atoms with Crippen LogP contribution >= 0.6 is 0 Å². The molecule has 0 fully saturated rings. The Labute approximate surface area is 307 Å². The first-order valence-electron chi connectivity index (χ1n) is 17.9. The lowest BCUT2D eigenvalue weighted by molar-refractivity contribution is 0.630. The first kappa shape index (κ1) is 32.8. The van der Waals surface area contributed by atoms with E-state index in [9.17, 15) is 0 Å². The van der Waals surface area contributed by atoms with Gasteiger partial charge in [0.1, 0.15) is 0 Å². The molecule has 0 bridgehead atoms. The summed E-state index contributed by atoms with van der Waals surface area (Å²) in [5, 5.41) is 5.10. The lowest BCUT2D eigenvalue weighted by atomic mass is 9.79. The van der Waals surface area contributed by atoms with Crippen LogP contribution in [0.2, 0.25) is 0 Å². The van der Waals surface area contributed by atoms with E-state index in [1.165, 1.54) is 60.6 Å². The Bertz CT molecular complexity index is 2520. The van der Waals surface area contributed by atoms with Gasteiger partial charge in [0.25, 0.3) is 0 Å². The highest BCUT2D eigenvalue weighted by Gasteiger charge is 2.42. The van der Waals surface area contributed by atoms with Gasteiger partial charge in [-0.15, -0.1) is 0 Å². The molecule has 252 valence electrons. The summed E-state index contributed by atoms with van der Waals surface area (Å²) in [7, 11) is 0. The van der Waals surface area contributed by atoms with E-state index >= 15 is 0 Å². The van der Waals surface area contributed by atoms with Gasteiger partial charge in [-0.2, -0.15) is 0 Å². The van der Waals surface area contributed by atoms with Gasteiger partial charge in [-0.05, 0) is 90.7 Å². The molecule has 6 aromatic rings. The van der Waals surface area contributed by atoms with Crippen LogP contribution in [0.3, 0.4) is 0 Å². The average molecular weight is 671 g/mol. The molecule has 6 aromatic carbocycles. The Morgan fingerprint density at radius 2 is 1.21 bits per heavy atom. The van der Waals surface area contributed by atoms with E-state index in [1.54, 1.807) is 0 Å². The number of fused-ring (bicyclic) bond motifs is 7. The van der Waals surface area contributed by atoms with Crippen molar-refractivity contribution in [2.75, 3.05) is 4.90 Å². The first-order chi connectivity index (χ1) is 25.3. The minimum absolute atomic E-state index is 0.327. The highest BCUT2D eigenvalue weighted by molar-refractivity contribution is 6.17. The monoisotopic (exact) mass is 670 g/mol. The minimum atomic E-state index is -0.327. The zero-order valence-corrected chi connectivity index (χ0v) is 29.8. The van der Waals surface area contributed by atoms with E-state index in [2.05, 4.69) is 166 Å². The third-order valence-corrected chi connectivity index (χ3v) is 10.5. The zero-order valence-electron chi connectivity index (χ0n) is 29.8. The van der Waals surface area contributed by atoms with Crippen molar-refractivity contribution in [3.05, 3.63) is 222 Å². The molecule has 2 heteroatoms. The molecule has 0 spiro atoms. The molecule has 0 aromatic heterocycles. The molecule has 52 heavy (non-hydrogen) atoms. The Balaban J connectivity index is 1.21. The molecule has 2 aliphatic rings. The van der Waals surface area contributed by atoms with E-state index in [4.69, 9.17) is 5.73 Å². The Kier molecular flexibility index (Phi) is 8.45. The van der Waals surface area contributed by atoms with Gasteiger partial charge in [-0.1, -0.05) is 173 Å². The molecule has 0 saturated carbocycles. The highest BCUT2D eigenvalue weighted by Crippen LogP contribution is 2.54. The second-order valence-electron chi connectivity index (χ2n) is 14.2. The van der Waals surface area contributed by atoms with E-state index in [1.807, 2.05) is 36.4 Å². The normalized spacial score (nSPS) is 17.5. The Morgan fingerprint density at radius 3 is 1.90 bits per heavy atom.